The van der Waals surface area contributed by atoms with Crippen molar-refractivity contribution in [3.8, 4) is 0 Å². The largest absolute Gasteiger partial charge is 0.395 e. The molecule has 1 aromatic heterocycles. The van der Waals surface area contributed by atoms with E-state index >= 15 is 0 Å². The van der Waals surface area contributed by atoms with E-state index in [0.29, 0.717) is 0 Å². The predicted molar refractivity (Wildman–Crippen MR) is 62.0 cm³/mol. The van der Waals surface area contributed by atoms with E-state index in [4.69, 9.17) is 9.84 Å². The van der Waals surface area contributed by atoms with E-state index in [9.17, 15) is 8.42 Å². The van der Waals surface area contributed by atoms with E-state index in [1.165, 1.54) is 29.9 Å². The molecule has 0 amide bonds. The lowest BCUT2D eigenvalue weighted by atomic mass is 10.5. The number of hydrogen-bond acceptors (Lipinski definition) is 5. The first-order valence-corrected chi connectivity index (χ1v) is 6.57. The number of methoxy groups -OCH3 is 1. The van der Waals surface area contributed by atoms with Crippen LogP contribution in [0.1, 0.15) is 0 Å². The first-order chi connectivity index (χ1) is 8.12. The molecule has 0 saturated heterocycles. The molecule has 0 fully saturated rings. The van der Waals surface area contributed by atoms with E-state index in [2.05, 4.69) is 4.98 Å². The molecule has 7 heteroatoms. The third-order valence-electron chi connectivity index (χ3n) is 2.17. The third-order valence-corrected chi connectivity index (χ3v) is 4.05. The normalized spacial score (nSPS) is 11.9. The first-order valence-electron chi connectivity index (χ1n) is 5.13. The molecule has 0 aliphatic rings. The average Bonchev–Trinajstić information content (AvgIpc) is 2.35. The van der Waals surface area contributed by atoms with Gasteiger partial charge in [0.05, 0.1) is 13.2 Å². The van der Waals surface area contributed by atoms with Gasteiger partial charge >= 0.3 is 0 Å². The molecule has 0 aliphatic heterocycles. The number of rotatable bonds is 7. The summed E-state index contributed by atoms with van der Waals surface area (Å²) in [6.45, 7) is 0.289. The zero-order chi connectivity index (χ0) is 12.7. The summed E-state index contributed by atoms with van der Waals surface area (Å²) in [6.07, 6.45) is 2.79. The van der Waals surface area contributed by atoms with Crippen molar-refractivity contribution in [2.45, 2.75) is 4.90 Å². The monoisotopic (exact) mass is 260 g/mol. The van der Waals surface area contributed by atoms with Gasteiger partial charge in [0, 0.05) is 32.6 Å². The van der Waals surface area contributed by atoms with Crippen molar-refractivity contribution < 1.29 is 18.3 Å². The van der Waals surface area contributed by atoms with Gasteiger partial charge in [-0.15, -0.1) is 0 Å². The van der Waals surface area contributed by atoms with Crippen LogP contribution < -0.4 is 0 Å². The molecule has 6 nitrogen and oxygen atoms in total. The summed E-state index contributed by atoms with van der Waals surface area (Å²) in [7, 11) is -2.11. The Balaban J connectivity index is 2.92. The molecule has 0 unspecified atom stereocenters. The van der Waals surface area contributed by atoms with Gasteiger partial charge in [-0.05, 0) is 12.1 Å². The van der Waals surface area contributed by atoms with Crippen molar-refractivity contribution in [2.75, 3.05) is 33.4 Å². The second-order valence-corrected chi connectivity index (χ2v) is 5.25. The van der Waals surface area contributed by atoms with E-state index in [1.54, 1.807) is 6.07 Å². The Bertz CT molecular complexity index is 421. The Morgan fingerprint density at radius 3 is 2.76 bits per heavy atom. The predicted octanol–water partition coefficient (Wildman–Crippen LogP) is -0.289. The summed E-state index contributed by atoms with van der Waals surface area (Å²) >= 11 is 0. The molecule has 1 aromatic rings. The molecule has 0 atom stereocenters. The van der Waals surface area contributed by atoms with Gasteiger partial charge in [-0.3, -0.25) is 4.98 Å². The fourth-order valence-electron chi connectivity index (χ4n) is 1.31. The Kier molecular flexibility index (Phi) is 5.49. The molecule has 0 radical (unpaired) electrons. The number of pyridine rings is 1. The molecular weight excluding hydrogens is 244 g/mol. The lowest BCUT2D eigenvalue weighted by Crippen LogP contribution is -2.36. The fourth-order valence-corrected chi connectivity index (χ4v) is 2.69. The Morgan fingerprint density at radius 1 is 1.47 bits per heavy atom. The summed E-state index contributed by atoms with van der Waals surface area (Å²) in [5.74, 6) is 0. The van der Waals surface area contributed by atoms with Crippen molar-refractivity contribution in [3.63, 3.8) is 0 Å². The van der Waals surface area contributed by atoms with Crippen molar-refractivity contribution >= 4 is 10.0 Å². The van der Waals surface area contributed by atoms with E-state index in [-0.39, 0.29) is 31.2 Å². The van der Waals surface area contributed by atoms with Gasteiger partial charge in [-0.25, -0.2) is 8.42 Å². The minimum absolute atomic E-state index is 0.0422. The van der Waals surface area contributed by atoms with Crippen LogP contribution in [0.3, 0.4) is 0 Å². The van der Waals surface area contributed by atoms with E-state index in [0.717, 1.165) is 0 Å². The minimum Gasteiger partial charge on any atom is -0.395 e. The van der Waals surface area contributed by atoms with Crippen LogP contribution in [0, 0.1) is 0 Å². The Morgan fingerprint density at radius 2 is 2.24 bits per heavy atom. The maximum absolute atomic E-state index is 12.1. The summed E-state index contributed by atoms with van der Waals surface area (Å²) in [5.41, 5.74) is 0. The van der Waals surface area contributed by atoms with Crippen molar-refractivity contribution in [2.24, 2.45) is 0 Å². The van der Waals surface area contributed by atoms with Crippen LogP contribution in [0.15, 0.2) is 29.4 Å². The van der Waals surface area contributed by atoms with Gasteiger partial charge < -0.3 is 9.84 Å². The second kappa shape index (κ2) is 6.65. The molecule has 0 spiro atoms. The highest BCUT2D eigenvalue weighted by atomic mass is 32.2. The number of aromatic nitrogens is 1. The van der Waals surface area contributed by atoms with Crippen LogP contribution in [0.5, 0.6) is 0 Å². The fraction of sp³-hybridized carbons (Fsp3) is 0.500. The first kappa shape index (κ1) is 14.0. The number of hydrogen-bond donors (Lipinski definition) is 1. The molecule has 0 saturated carbocycles. The summed E-state index contributed by atoms with van der Waals surface area (Å²) in [4.78, 5) is 3.89. The number of sulfonamides is 1. The van der Waals surface area contributed by atoms with Gasteiger partial charge in [-0.1, -0.05) is 0 Å². The van der Waals surface area contributed by atoms with Crippen LogP contribution in [-0.2, 0) is 14.8 Å². The van der Waals surface area contributed by atoms with Crippen LogP contribution in [0.4, 0.5) is 0 Å². The van der Waals surface area contributed by atoms with Crippen LogP contribution in [0.25, 0.3) is 0 Å². The van der Waals surface area contributed by atoms with Crippen LogP contribution in [-0.4, -0.2) is 56.2 Å². The van der Waals surface area contributed by atoms with Gasteiger partial charge in [0.25, 0.3) is 0 Å². The topological polar surface area (TPSA) is 79.7 Å². The second-order valence-electron chi connectivity index (χ2n) is 3.31. The SMILES string of the molecule is COCCN(CCO)S(=O)(=O)c1cccnc1. The highest BCUT2D eigenvalue weighted by Crippen LogP contribution is 2.13. The number of nitrogens with zero attached hydrogens (tertiary/aromatic N) is 2. The van der Waals surface area contributed by atoms with Crippen molar-refractivity contribution in [1.82, 2.24) is 9.29 Å². The van der Waals surface area contributed by atoms with Crippen LogP contribution in [0.2, 0.25) is 0 Å². The van der Waals surface area contributed by atoms with Gasteiger partial charge in [0.2, 0.25) is 10.0 Å². The lowest BCUT2D eigenvalue weighted by Gasteiger charge is -2.20. The summed E-state index contributed by atoms with van der Waals surface area (Å²) in [5, 5.41) is 8.88. The quantitative estimate of drug-likeness (QED) is 0.729. The molecule has 1 rings (SSSR count). The van der Waals surface area contributed by atoms with Crippen molar-refractivity contribution in [1.29, 1.82) is 0 Å². The Labute approximate surface area is 101 Å². The highest BCUT2D eigenvalue weighted by Gasteiger charge is 2.23. The third kappa shape index (κ3) is 3.74. The maximum Gasteiger partial charge on any atom is 0.244 e. The maximum atomic E-state index is 12.1. The smallest absolute Gasteiger partial charge is 0.244 e. The average molecular weight is 260 g/mol. The van der Waals surface area contributed by atoms with Gasteiger partial charge in [-0.2, -0.15) is 4.31 Å². The van der Waals surface area contributed by atoms with Crippen molar-refractivity contribution in [3.05, 3.63) is 24.5 Å². The lowest BCUT2D eigenvalue weighted by molar-refractivity contribution is 0.168. The molecule has 96 valence electrons. The molecule has 1 heterocycles. The molecule has 0 aromatic carbocycles. The molecular formula is C10H16N2O4S. The number of ether oxygens (including phenoxy) is 1. The zero-order valence-corrected chi connectivity index (χ0v) is 10.4. The van der Waals surface area contributed by atoms with Gasteiger partial charge in [0.1, 0.15) is 4.90 Å². The highest BCUT2D eigenvalue weighted by molar-refractivity contribution is 7.89. The van der Waals surface area contributed by atoms with E-state index in [1.807, 2.05) is 0 Å². The zero-order valence-electron chi connectivity index (χ0n) is 9.61. The van der Waals surface area contributed by atoms with Gasteiger partial charge in [0.15, 0.2) is 0 Å². The molecule has 0 bridgehead atoms. The summed E-state index contributed by atoms with van der Waals surface area (Å²) < 4.78 is 30.3. The van der Waals surface area contributed by atoms with E-state index < -0.39 is 10.0 Å². The number of aliphatic hydroxyl groups excluding tert-OH is 1. The van der Waals surface area contributed by atoms with Crippen LogP contribution >= 0.6 is 0 Å². The summed E-state index contributed by atoms with van der Waals surface area (Å²) in [6, 6.07) is 3.03. The standard InChI is InChI=1S/C10H16N2O4S/c1-16-8-6-12(5-7-13)17(14,15)10-3-2-4-11-9-10/h2-4,9,13H,5-8H2,1H3. The Hall–Kier alpha value is -1.02. The molecule has 1 N–H and O–H groups in total. The minimum atomic E-state index is -3.60. The number of aliphatic hydroxyl groups is 1. The molecule has 17 heavy (non-hydrogen) atoms. The molecule has 0 aliphatic carbocycles.